The van der Waals surface area contributed by atoms with E-state index >= 15 is 0 Å². The zero-order valence-corrected chi connectivity index (χ0v) is 9.92. The SMILES string of the molecule is CC1COCC(C2CC2)N1C(C)(C)C. The lowest BCUT2D eigenvalue weighted by molar-refractivity contribution is -0.0909. The van der Waals surface area contributed by atoms with Gasteiger partial charge in [-0.25, -0.2) is 0 Å². The summed E-state index contributed by atoms with van der Waals surface area (Å²) in [4.78, 5) is 2.67. The van der Waals surface area contributed by atoms with Crippen LogP contribution in [0.2, 0.25) is 0 Å². The molecule has 82 valence electrons. The Morgan fingerprint density at radius 3 is 2.29 bits per heavy atom. The Kier molecular flexibility index (Phi) is 2.61. The molecule has 0 N–H and O–H groups in total. The molecule has 0 radical (unpaired) electrons. The number of hydrogen-bond donors (Lipinski definition) is 0. The normalized spacial score (nSPS) is 36.0. The molecule has 1 aliphatic heterocycles. The van der Waals surface area contributed by atoms with E-state index in [0.29, 0.717) is 12.1 Å². The largest absolute Gasteiger partial charge is 0.378 e. The van der Waals surface area contributed by atoms with Gasteiger partial charge in [-0.15, -0.1) is 0 Å². The summed E-state index contributed by atoms with van der Waals surface area (Å²) in [7, 11) is 0. The van der Waals surface area contributed by atoms with Gasteiger partial charge in [0.15, 0.2) is 0 Å². The first-order chi connectivity index (χ1) is 6.50. The molecule has 0 spiro atoms. The van der Waals surface area contributed by atoms with Crippen molar-refractivity contribution in [3.8, 4) is 0 Å². The van der Waals surface area contributed by atoms with Crippen molar-refractivity contribution < 1.29 is 4.74 Å². The van der Waals surface area contributed by atoms with Crippen LogP contribution in [-0.4, -0.2) is 35.7 Å². The van der Waals surface area contributed by atoms with E-state index < -0.39 is 0 Å². The second-order valence-corrected chi connectivity index (χ2v) is 5.87. The van der Waals surface area contributed by atoms with E-state index in [-0.39, 0.29) is 5.54 Å². The van der Waals surface area contributed by atoms with Gasteiger partial charge in [0.1, 0.15) is 0 Å². The van der Waals surface area contributed by atoms with Crippen molar-refractivity contribution in [2.24, 2.45) is 5.92 Å². The first-order valence-electron chi connectivity index (χ1n) is 5.86. The van der Waals surface area contributed by atoms with Gasteiger partial charge in [-0.3, -0.25) is 4.90 Å². The highest BCUT2D eigenvalue weighted by atomic mass is 16.5. The summed E-state index contributed by atoms with van der Waals surface area (Å²) in [6.07, 6.45) is 2.82. The molecule has 0 aromatic rings. The van der Waals surface area contributed by atoms with Crippen molar-refractivity contribution in [3.05, 3.63) is 0 Å². The summed E-state index contributed by atoms with van der Waals surface area (Å²) >= 11 is 0. The molecule has 0 aromatic heterocycles. The van der Waals surface area contributed by atoms with Crippen LogP contribution < -0.4 is 0 Å². The fourth-order valence-corrected chi connectivity index (χ4v) is 2.85. The minimum Gasteiger partial charge on any atom is -0.378 e. The molecule has 1 aliphatic carbocycles. The molecule has 2 nitrogen and oxygen atoms in total. The third-order valence-electron chi connectivity index (χ3n) is 3.42. The fourth-order valence-electron chi connectivity index (χ4n) is 2.85. The summed E-state index contributed by atoms with van der Waals surface area (Å²) < 4.78 is 5.68. The van der Waals surface area contributed by atoms with E-state index in [0.717, 1.165) is 19.1 Å². The molecule has 2 unspecified atom stereocenters. The van der Waals surface area contributed by atoms with Crippen molar-refractivity contribution >= 4 is 0 Å². The molecular formula is C12H23NO. The predicted octanol–water partition coefficient (Wildman–Crippen LogP) is 2.28. The molecule has 0 amide bonds. The highest BCUT2D eigenvalue weighted by Gasteiger charge is 2.43. The third-order valence-corrected chi connectivity index (χ3v) is 3.42. The second-order valence-electron chi connectivity index (χ2n) is 5.87. The van der Waals surface area contributed by atoms with E-state index in [1.807, 2.05) is 0 Å². The van der Waals surface area contributed by atoms with Crippen LogP contribution in [-0.2, 0) is 4.74 Å². The first kappa shape index (κ1) is 10.4. The van der Waals surface area contributed by atoms with E-state index in [1.54, 1.807) is 0 Å². The van der Waals surface area contributed by atoms with Crippen molar-refractivity contribution in [2.75, 3.05) is 13.2 Å². The summed E-state index contributed by atoms with van der Waals surface area (Å²) in [5.74, 6) is 0.914. The van der Waals surface area contributed by atoms with Crippen LogP contribution in [0.25, 0.3) is 0 Å². The lowest BCUT2D eigenvalue weighted by Crippen LogP contribution is -2.59. The van der Waals surface area contributed by atoms with Gasteiger partial charge in [-0.2, -0.15) is 0 Å². The van der Waals surface area contributed by atoms with Gasteiger partial charge in [0.25, 0.3) is 0 Å². The van der Waals surface area contributed by atoms with Crippen LogP contribution in [0.15, 0.2) is 0 Å². The van der Waals surface area contributed by atoms with Gasteiger partial charge < -0.3 is 4.74 Å². The minimum atomic E-state index is 0.288. The van der Waals surface area contributed by atoms with Gasteiger partial charge in [-0.05, 0) is 46.5 Å². The molecule has 2 heteroatoms. The zero-order valence-electron chi connectivity index (χ0n) is 9.92. The number of morpholine rings is 1. The van der Waals surface area contributed by atoms with E-state index in [9.17, 15) is 0 Å². The first-order valence-corrected chi connectivity index (χ1v) is 5.86. The van der Waals surface area contributed by atoms with Crippen molar-refractivity contribution in [1.82, 2.24) is 4.90 Å². The Labute approximate surface area is 87.6 Å². The average molecular weight is 197 g/mol. The Morgan fingerprint density at radius 2 is 1.79 bits per heavy atom. The van der Waals surface area contributed by atoms with E-state index in [1.165, 1.54) is 12.8 Å². The Morgan fingerprint density at radius 1 is 1.14 bits per heavy atom. The van der Waals surface area contributed by atoms with Gasteiger partial charge >= 0.3 is 0 Å². The molecule has 1 heterocycles. The van der Waals surface area contributed by atoms with E-state index in [2.05, 4.69) is 32.6 Å². The number of rotatable bonds is 1. The van der Waals surface area contributed by atoms with Crippen LogP contribution >= 0.6 is 0 Å². The van der Waals surface area contributed by atoms with Crippen LogP contribution in [0.3, 0.4) is 0 Å². The van der Waals surface area contributed by atoms with E-state index in [4.69, 9.17) is 4.74 Å². The van der Waals surface area contributed by atoms with Crippen LogP contribution in [0.1, 0.15) is 40.5 Å². The number of nitrogens with zero attached hydrogens (tertiary/aromatic N) is 1. The summed E-state index contributed by atoms with van der Waals surface area (Å²) in [5, 5.41) is 0. The molecule has 14 heavy (non-hydrogen) atoms. The molecule has 2 aliphatic rings. The maximum Gasteiger partial charge on any atom is 0.0625 e. The Balaban J connectivity index is 2.12. The third kappa shape index (κ3) is 1.96. The van der Waals surface area contributed by atoms with Gasteiger partial charge in [-0.1, -0.05) is 0 Å². The molecular weight excluding hydrogens is 174 g/mol. The quantitative estimate of drug-likeness (QED) is 0.639. The fraction of sp³-hybridized carbons (Fsp3) is 1.00. The molecule has 0 aromatic carbocycles. The minimum absolute atomic E-state index is 0.288. The highest BCUT2D eigenvalue weighted by Crippen LogP contribution is 2.40. The van der Waals surface area contributed by atoms with Crippen molar-refractivity contribution in [3.63, 3.8) is 0 Å². The monoisotopic (exact) mass is 197 g/mol. The van der Waals surface area contributed by atoms with Crippen LogP contribution in [0.4, 0.5) is 0 Å². The Hall–Kier alpha value is -0.0800. The molecule has 1 saturated heterocycles. The summed E-state index contributed by atoms with van der Waals surface area (Å²) in [6, 6.07) is 1.26. The number of hydrogen-bond acceptors (Lipinski definition) is 2. The topological polar surface area (TPSA) is 12.5 Å². The molecule has 0 bridgehead atoms. The number of ether oxygens (including phenoxy) is 1. The molecule has 1 saturated carbocycles. The van der Waals surface area contributed by atoms with Crippen molar-refractivity contribution in [2.45, 2.75) is 58.2 Å². The predicted molar refractivity (Wildman–Crippen MR) is 58.4 cm³/mol. The molecule has 2 rings (SSSR count). The smallest absolute Gasteiger partial charge is 0.0625 e. The highest BCUT2D eigenvalue weighted by molar-refractivity contribution is 4.96. The summed E-state index contributed by atoms with van der Waals surface area (Å²) in [5.41, 5.74) is 0.288. The lowest BCUT2D eigenvalue weighted by Gasteiger charge is -2.48. The standard InChI is InChI=1S/C12H23NO/c1-9-7-14-8-11(10-5-6-10)13(9)12(2,3)4/h9-11H,5-8H2,1-4H3. The van der Waals surface area contributed by atoms with Gasteiger partial charge in [0, 0.05) is 17.6 Å². The summed E-state index contributed by atoms with van der Waals surface area (Å²) in [6.45, 7) is 11.1. The molecule has 2 atom stereocenters. The Bertz CT molecular complexity index is 205. The molecule has 2 fully saturated rings. The van der Waals surface area contributed by atoms with Crippen LogP contribution in [0, 0.1) is 5.92 Å². The maximum absolute atomic E-state index is 5.68. The second kappa shape index (κ2) is 3.49. The van der Waals surface area contributed by atoms with Gasteiger partial charge in [0.2, 0.25) is 0 Å². The lowest BCUT2D eigenvalue weighted by atomic mass is 9.96. The van der Waals surface area contributed by atoms with Crippen molar-refractivity contribution in [1.29, 1.82) is 0 Å². The van der Waals surface area contributed by atoms with Crippen LogP contribution in [0.5, 0.6) is 0 Å². The zero-order chi connectivity index (χ0) is 10.3. The maximum atomic E-state index is 5.68. The average Bonchev–Trinajstić information content (AvgIpc) is 2.83. The van der Waals surface area contributed by atoms with Gasteiger partial charge in [0.05, 0.1) is 13.2 Å².